The fourth-order valence-corrected chi connectivity index (χ4v) is 2.26. The number of nitrogens with zero attached hydrogens (tertiary/aromatic N) is 1. The van der Waals surface area contributed by atoms with Crippen LogP contribution in [0, 0.1) is 6.92 Å². The van der Waals surface area contributed by atoms with E-state index in [9.17, 15) is 9.82 Å². The second-order valence-corrected chi connectivity index (χ2v) is 4.85. The largest absolute Gasteiger partial charge is 0.536 e. The summed E-state index contributed by atoms with van der Waals surface area (Å²) in [5.74, 6) is 0.0935. The molecule has 2 rings (SSSR count). The van der Waals surface area contributed by atoms with E-state index in [2.05, 4.69) is 5.16 Å². The lowest BCUT2D eigenvalue weighted by Gasteiger charge is -2.28. The Kier molecular flexibility index (Phi) is 3.90. The van der Waals surface area contributed by atoms with Gasteiger partial charge in [0, 0.05) is 12.2 Å². The van der Waals surface area contributed by atoms with Crippen LogP contribution in [0.2, 0.25) is 5.82 Å². The topological polar surface area (TPSA) is 79.1 Å². The fraction of sp³-hybridized carbons (Fsp3) is 0.385. The van der Waals surface area contributed by atoms with Crippen LogP contribution < -0.4 is 4.65 Å². The summed E-state index contributed by atoms with van der Waals surface area (Å²) in [6, 6.07) is 5.77. The summed E-state index contributed by atoms with van der Waals surface area (Å²) in [6.45, 7) is 3.36. The standard InChI is InChI=1S/C13H16BNO4/c1-8-4-3-5-10-6-11(14(17)19-13(8)10)7-12(16)9(2)15-18/h3-5,11,17-18H,6-7H2,1-2H3/b15-9-/t11-/m1/s1. The molecule has 1 heterocycles. The summed E-state index contributed by atoms with van der Waals surface area (Å²) in [5, 5.41) is 21.4. The molecular formula is C13H16BNO4. The molecule has 1 aromatic carbocycles. The predicted molar refractivity (Wildman–Crippen MR) is 71.8 cm³/mol. The number of fused-ring (bicyclic) bond motifs is 1. The molecule has 100 valence electrons. The number of aryl methyl sites for hydroxylation is 1. The number of Topliss-reactive ketones (excluding diaryl/α,β-unsaturated/α-hetero) is 1. The second kappa shape index (κ2) is 5.44. The molecule has 0 radical (unpaired) electrons. The molecule has 0 fully saturated rings. The van der Waals surface area contributed by atoms with E-state index in [4.69, 9.17) is 9.86 Å². The number of carbonyl (C=O) groups is 1. The molecule has 0 spiro atoms. The van der Waals surface area contributed by atoms with Gasteiger partial charge in [0.2, 0.25) is 0 Å². The van der Waals surface area contributed by atoms with Crippen molar-refractivity contribution in [2.45, 2.75) is 32.5 Å². The molecule has 0 amide bonds. The van der Waals surface area contributed by atoms with Crippen LogP contribution in [0.15, 0.2) is 23.4 Å². The van der Waals surface area contributed by atoms with Crippen LogP contribution in [-0.4, -0.2) is 28.8 Å². The van der Waals surface area contributed by atoms with Gasteiger partial charge in [-0.15, -0.1) is 0 Å². The van der Waals surface area contributed by atoms with Crippen molar-refractivity contribution in [3.8, 4) is 5.75 Å². The maximum atomic E-state index is 11.7. The van der Waals surface area contributed by atoms with Gasteiger partial charge in [-0.1, -0.05) is 23.4 Å². The molecule has 1 atom stereocenters. The zero-order valence-corrected chi connectivity index (χ0v) is 11.0. The first-order valence-corrected chi connectivity index (χ1v) is 6.18. The average Bonchev–Trinajstić information content (AvgIpc) is 2.40. The van der Waals surface area contributed by atoms with Crippen molar-refractivity contribution in [3.63, 3.8) is 0 Å². The van der Waals surface area contributed by atoms with E-state index < -0.39 is 7.12 Å². The summed E-state index contributed by atoms with van der Waals surface area (Å²) in [5.41, 5.74) is 2.00. The lowest BCUT2D eigenvalue weighted by molar-refractivity contribution is -0.113. The van der Waals surface area contributed by atoms with Crippen molar-refractivity contribution in [1.29, 1.82) is 0 Å². The molecular weight excluding hydrogens is 245 g/mol. The van der Waals surface area contributed by atoms with E-state index >= 15 is 0 Å². The highest BCUT2D eigenvalue weighted by Gasteiger charge is 2.36. The Labute approximate surface area is 112 Å². The molecule has 0 saturated heterocycles. The highest BCUT2D eigenvalue weighted by atomic mass is 16.5. The minimum absolute atomic E-state index is 0.0437. The maximum Gasteiger partial charge on any atom is 0.526 e. The molecule has 0 unspecified atom stereocenters. The quantitative estimate of drug-likeness (QED) is 0.375. The lowest BCUT2D eigenvalue weighted by atomic mass is 9.64. The number of hydrogen-bond donors (Lipinski definition) is 2. The first-order chi connectivity index (χ1) is 9.02. The Morgan fingerprint density at radius 1 is 1.58 bits per heavy atom. The van der Waals surface area contributed by atoms with Gasteiger partial charge < -0.3 is 14.9 Å². The van der Waals surface area contributed by atoms with Gasteiger partial charge in [0.15, 0.2) is 5.78 Å². The Balaban J connectivity index is 2.16. The Hall–Kier alpha value is -1.82. The zero-order valence-electron chi connectivity index (χ0n) is 11.0. The highest BCUT2D eigenvalue weighted by Crippen LogP contribution is 2.35. The van der Waals surface area contributed by atoms with Gasteiger partial charge in [0.25, 0.3) is 0 Å². The molecule has 1 aromatic rings. The molecule has 0 saturated carbocycles. The molecule has 0 aliphatic carbocycles. The number of carbonyl (C=O) groups excluding carboxylic acids is 1. The molecule has 1 aliphatic rings. The van der Waals surface area contributed by atoms with Crippen molar-refractivity contribution in [2.24, 2.45) is 5.16 Å². The SMILES string of the molecule is C/C(=N/O)C(=O)C[C@H]1Cc2cccc(C)c2OB1O. The summed E-state index contributed by atoms with van der Waals surface area (Å²) in [7, 11) is -1.01. The van der Waals surface area contributed by atoms with Crippen molar-refractivity contribution in [3.05, 3.63) is 29.3 Å². The van der Waals surface area contributed by atoms with Crippen LogP contribution in [0.4, 0.5) is 0 Å². The van der Waals surface area contributed by atoms with Gasteiger partial charge in [0.1, 0.15) is 11.5 Å². The monoisotopic (exact) mass is 261 g/mol. The minimum Gasteiger partial charge on any atom is -0.536 e. The predicted octanol–water partition coefficient (Wildman–Crippen LogP) is 1.59. The summed E-state index contributed by atoms with van der Waals surface area (Å²) >= 11 is 0. The van der Waals surface area contributed by atoms with E-state index in [1.165, 1.54) is 6.92 Å². The van der Waals surface area contributed by atoms with Crippen molar-refractivity contribution in [2.75, 3.05) is 0 Å². The van der Waals surface area contributed by atoms with Gasteiger partial charge in [-0.05, 0) is 31.4 Å². The van der Waals surface area contributed by atoms with Crippen LogP contribution in [0.3, 0.4) is 0 Å². The van der Waals surface area contributed by atoms with Gasteiger partial charge in [-0.25, -0.2) is 0 Å². The maximum absolute atomic E-state index is 11.7. The van der Waals surface area contributed by atoms with Crippen LogP contribution in [0.1, 0.15) is 24.5 Å². The highest BCUT2D eigenvalue weighted by molar-refractivity contribution is 6.48. The first kappa shape index (κ1) is 13.6. The van der Waals surface area contributed by atoms with E-state index in [0.29, 0.717) is 12.2 Å². The fourth-order valence-electron chi connectivity index (χ4n) is 2.26. The number of benzene rings is 1. The van der Waals surface area contributed by atoms with Crippen LogP contribution >= 0.6 is 0 Å². The second-order valence-electron chi connectivity index (χ2n) is 4.85. The van der Waals surface area contributed by atoms with Crippen molar-refractivity contribution >= 4 is 18.6 Å². The number of para-hydroxylation sites is 1. The van der Waals surface area contributed by atoms with Crippen LogP contribution in [0.5, 0.6) is 5.75 Å². The van der Waals surface area contributed by atoms with Gasteiger partial charge in [-0.2, -0.15) is 0 Å². The Morgan fingerprint density at radius 3 is 3.00 bits per heavy atom. The number of hydrogen-bond acceptors (Lipinski definition) is 5. The summed E-state index contributed by atoms with van der Waals surface area (Å²) in [4.78, 5) is 11.7. The molecule has 6 heteroatoms. The Morgan fingerprint density at radius 2 is 2.32 bits per heavy atom. The van der Waals surface area contributed by atoms with Gasteiger partial charge in [0.05, 0.1) is 0 Å². The summed E-state index contributed by atoms with van der Waals surface area (Å²) < 4.78 is 5.49. The van der Waals surface area contributed by atoms with Crippen LogP contribution in [0.25, 0.3) is 0 Å². The van der Waals surface area contributed by atoms with Gasteiger partial charge >= 0.3 is 7.12 Å². The normalized spacial score (nSPS) is 18.8. The number of oxime groups is 1. The molecule has 2 N–H and O–H groups in total. The average molecular weight is 261 g/mol. The minimum atomic E-state index is -1.01. The third-order valence-electron chi connectivity index (χ3n) is 3.42. The van der Waals surface area contributed by atoms with Crippen molar-refractivity contribution in [1.82, 2.24) is 0 Å². The smallest absolute Gasteiger partial charge is 0.526 e. The first-order valence-electron chi connectivity index (χ1n) is 6.18. The van der Waals surface area contributed by atoms with Crippen molar-refractivity contribution < 1.29 is 19.7 Å². The number of ketones is 1. The lowest BCUT2D eigenvalue weighted by Crippen LogP contribution is -2.36. The van der Waals surface area contributed by atoms with Gasteiger partial charge in [-0.3, -0.25) is 4.79 Å². The van der Waals surface area contributed by atoms with E-state index in [1.807, 2.05) is 25.1 Å². The van der Waals surface area contributed by atoms with E-state index in [0.717, 1.165) is 11.1 Å². The van der Waals surface area contributed by atoms with Crippen LogP contribution in [-0.2, 0) is 11.2 Å². The molecule has 5 nitrogen and oxygen atoms in total. The molecule has 19 heavy (non-hydrogen) atoms. The summed E-state index contributed by atoms with van der Waals surface area (Å²) in [6.07, 6.45) is 0.674. The number of rotatable bonds is 3. The third-order valence-corrected chi connectivity index (χ3v) is 3.42. The Bertz CT molecular complexity index is 529. The molecule has 0 aromatic heterocycles. The third kappa shape index (κ3) is 2.79. The molecule has 1 aliphatic heterocycles. The zero-order chi connectivity index (χ0) is 14.0. The van der Waals surface area contributed by atoms with E-state index in [1.54, 1.807) is 0 Å². The van der Waals surface area contributed by atoms with E-state index in [-0.39, 0.29) is 23.7 Å². The molecule has 0 bridgehead atoms.